The maximum atomic E-state index is 11.9. The Morgan fingerprint density at radius 3 is 2.77 bits per heavy atom. The molecule has 0 saturated carbocycles. The van der Waals surface area contributed by atoms with Crippen molar-refractivity contribution in [3.63, 3.8) is 0 Å². The van der Waals surface area contributed by atoms with Crippen LogP contribution in [0.5, 0.6) is 0 Å². The molecule has 31 heavy (non-hydrogen) atoms. The van der Waals surface area contributed by atoms with E-state index >= 15 is 0 Å². The van der Waals surface area contributed by atoms with Crippen LogP contribution in [0.15, 0.2) is 51.8 Å². The van der Waals surface area contributed by atoms with Crippen LogP contribution in [0.1, 0.15) is 24.0 Å². The zero-order valence-corrected chi connectivity index (χ0v) is 16.8. The fourth-order valence-corrected chi connectivity index (χ4v) is 3.57. The molecule has 2 aromatic heterocycles. The predicted octanol–water partition coefficient (Wildman–Crippen LogP) is 3.98. The van der Waals surface area contributed by atoms with Crippen LogP contribution < -0.4 is 21.7 Å². The van der Waals surface area contributed by atoms with Gasteiger partial charge in [0.15, 0.2) is 5.58 Å². The molecule has 1 amide bonds. The van der Waals surface area contributed by atoms with Crippen LogP contribution in [-0.4, -0.2) is 20.9 Å². The van der Waals surface area contributed by atoms with Crippen LogP contribution in [0.25, 0.3) is 11.1 Å². The Hall–Kier alpha value is -4.14. The highest BCUT2D eigenvalue weighted by Crippen LogP contribution is 2.28. The number of nitrogens with zero attached hydrogens (tertiary/aromatic N) is 2. The van der Waals surface area contributed by atoms with E-state index in [2.05, 4.69) is 30.9 Å². The van der Waals surface area contributed by atoms with Gasteiger partial charge in [-0.05, 0) is 55.7 Å². The number of aromatic amines is 1. The molecule has 0 atom stereocenters. The van der Waals surface area contributed by atoms with Gasteiger partial charge in [-0.2, -0.15) is 4.98 Å². The normalized spacial score (nSPS) is 13.4. The van der Waals surface area contributed by atoms with Gasteiger partial charge in [0.05, 0.1) is 5.52 Å². The second kappa shape index (κ2) is 7.60. The van der Waals surface area contributed by atoms with Gasteiger partial charge in [-0.15, -0.1) is 0 Å². The number of nitrogens with one attached hydrogen (secondary N) is 4. The molecule has 156 valence electrons. The average molecular weight is 416 g/mol. The number of rotatable bonds is 4. The number of aryl methyl sites for hydroxylation is 2. The van der Waals surface area contributed by atoms with Gasteiger partial charge in [0, 0.05) is 35.2 Å². The number of hydrogen-bond acceptors (Lipinski definition) is 7. The van der Waals surface area contributed by atoms with Crippen LogP contribution in [0.4, 0.5) is 28.8 Å². The number of H-pyrrole nitrogens is 1. The molecule has 0 spiro atoms. The number of hydrogen-bond donors (Lipinski definition) is 4. The van der Waals surface area contributed by atoms with Gasteiger partial charge in [0.1, 0.15) is 5.82 Å². The number of anilines is 5. The zero-order valence-electron chi connectivity index (χ0n) is 16.8. The lowest BCUT2D eigenvalue weighted by atomic mass is 10.1. The zero-order chi connectivity index (χ0) is 21.4. The number of carbonyl (C=O) groups is 1. The molecule has 9 nitrogen and oxygen atoms in total. The number of amides is 1. The Kier molecular flexibility index (Phi) is 4.62. The summed E-state index contributed by atoms with van der Waals surface area (Å²) < 4.78 is 5.04. The second-order valence-electron chi connectivity index (χ2n) is 7.47. The van der Waals surface area contributed by atoms with Crippen LogP contribution in [0.2, 0.25) is 0 Å². The van der Waals surface area contributed by atoms with Crippen molar-refractivity contribution in [2.75, 3.05) is 16.0 Å². The van der Waals surface area contributed by atoms with E-state index in [-0.39, 0.29) is 5.91 Å². The Morgan fingerprint density at radius 2 is 1.87 bits per heavy atom. The Labute approximate surface area is 176 Å². The first-order chi connectivity index (χ1) is 15.0. The Balaban J connectivity index is 1.39. The van der Waals surface area contributed by atoms with E-state index in [0.717, 1.165) is 41.0 Å². The third kappa shape index (κ3) is 3.97. The third-order valence-electron chi connectivity index (χ3n) is 5.14. The maximum absolute atomic E-state index is 11.9. The molecule has 9 heteroatoms. The smallest absolute Gasteiger partial charge is 0.408 e. The number of benzene rings is 2. The van der Waals surface area contributed by atoms with Crippen molar-refractivity contribution in [3.8, 4) is 0 Å². The maximum Gasteiger partial charge on any atom is 0.417 e. The van der Waals surface area contributed by atoms with Gasteiger partial charge in [0.2, 0.25) is 11.9 Å². The highest BCUT2D eigenvalue weighted by Gasteiger charge is 2.14. The molecule has 0 unspecified atom stereocenters. The van der Waals surface area contributed by atoms with E-state index in [0.29, 0.717) is 29.3 Å². The molecule has 5 rings (SSSR count). The van der Waals surface area contributed by atoms with Crippen molar-refractivity contribution in [1.29, 1.82) is 0 Å². The lowest BCUT2D eigenvalue weighted by Crippen LogP contribution is -2.09. The predicted molar refractivity (Wildman–Crippen MR) is 118 cm³/mol. The van der Waals surface area contributed by atoms with Crippen LogP contribution in [0, 0.1) is 6.92 Å². The Bertz CT molecular complexity index is 1360. The van der Waals surface area contributed by atoms with E-state index in [1.807, 2.05) is 31.2 Å². The molecule has 0 fully saturated rings. The van der Waals surface area contributed by atoms with Gasteiger partial charge in [-0.1, -0.05) is 6.07 Å². The van der Waals surface area contributed by atoms with E-state index in [9.17, 15) is 9.59 Å². The highest BCUT2D eigenvalue weighted by molar-refractivity contribution is 5.93. The molecular formula is C22H20N6O3. The minimum absolute atomic E-state index is 0.0323. The molecule has 1 aliphatic rings. The summed E-state index contributed by atoms with van der Waals surface area (Å²) in [6.07, 6.45) is 3.98. The van der Waals surface area contributed by atoms with Crippen molar-refractivity contribution in [2.45, 2.75) is 26.2 Å². The summed E-state index contributed by atoms with van der Waals surface area (Å²) in [5.41, 5.74) is 5.44. The van der Waals surface area contributed by atoms with Gasteiger partial charge >= 0.3 is 5.76 Å². The summed E-state index contributed by atoms with van der Waals surface area (Å²) in [5, 5.41) is 9.40. The van der Waals surface area contributed by atoms with Crippen LogP contribution >= 0.6 is 0 Å². The molecule has 0 aliphatic carbocycles. The van der Waals surface area contributed by atoms with Crippen molar-refractivity contribution < 1.29 is 9.21 Å². The van der Waals surface area contributed by atoms with Crippen molar-refractivity contribution >= 4 is 45.8 Å². The Morgan fingerprint density at radius 1 is 1.03 bits per heavy atom. The minimum atomic E-state index is -0.492. The van der Waals surface area contributed by atoms with E-state index in [1.54, 1.807) is 18.3 Å². The van der Waals surface area contributed by atoms with E-state index in [4.69, 9.17) is 4.42 Å². The summed E-state index contributed by atoms with van der Waals surface area (Å²) >= 11 is 0. The SMILES string of the molecule is Cc1cnc(Nc2ccc3c(c2)NC(=O)CCC3)nc1Nc1ccc2oc(=O)[nH]c2c1. The fraction of sp³-hybridized carbons (Fsp3) is 0.182. The quantitative estimate of drug-likeness (QED) is 0.396. The summed E-state index contributed by atoms with van der Waals surface area (Å²) in [4.78, 5) is 34.8. The second-order valence-corrected chi connectivity index (χ2v) is 7.47. The number of carbonyl (C=O) groups excluding carboxylic acids is 1. The number of fused-ring (bicyclic) bond motifs is 2. The minimum Gasteiger partial charge on any atom is -0.408 e. The fourth-order valence-electron chi connectivity index (χ4n) is 3.57. The monoisotopic (exact) mass is 416 g/mol. The first-order valence-electron chi connectivity index (χ1n) is 9.97. The summed E-state index contributed by atoms with van der Waals surface area (Å²) in [5.74, 6) is 0.593. The summed E-state index contributed by atoms with van der Waals surface area (Å²) in [7, 11) is 0. The average Bonchev–Trinajstić information content (AvgIpc) is 3.00. The molecule has 0 bridgehead atoms. The highest BCUT2D eigenvalue weighted by atomic mass is 16.4. The molecule has 4 aromatic rings. The lowest BCUT2D eigenvalue weighted by molar-refractivity contribution is -0.116. The van der Waals surface area contributed by atoms with Crippen molar-refractivity contribution in [1.82, 2.24) is 15.0 Å². The van der Waals surface area contributed by atoms with Crippen LogP contribution in [-0.2, 0) is 11.2 Å². The summed E-state index contributed by atoms with van der Waals surface area (Å²) in [6, 6.07) is 11.2. The van der Waals surface area contributed by atoms with Gasteiger partial charge in [0.25, 0.3) is 0 Å². The van der Waals surface area contributed by atoms with Gasteiger partial charge < -0.3 is 20.4 Å². The molecule has 2 aromatic carbocycles. The first kappa shape index (κ1) is 18.9. The largest absolute Gasteiger partial charge is 0.417 e. The number of oxazole rings is 1. The topological polar surface area (TPSA) is 125 Å². The standard InChI is InChI=1S/C22H20N6O3/c1-12-11-23-21(25-15-6-5-13-3-2-4-19(29)26-16(13)9-15)28-20(12)24-14-7-8-18-17(10-14)27-22(30)31-18/h5-11H,2-4H2,1H3,(H,26,29)(H,27,30)(H2,23,24,25,28). The van der Waals surface area contributed by atoms with Gasteiger partial charge in [-0.25, -0.2) is 9.78 Å². The molecule has 4 N–H and O–H groups in total. The summed E-state index contributed by atoms with van der Waals surface area (Å²) in [6.45, 7) is 1.91. The molecule has 0 radical (unpaired) electrons. The lowest BCUT2D eigenvalue weighted by Gasteiger charge is -2.13. The molecule has 1 aliphatic heterocycles. The van der Waals surface area contributed by atoms with Crippen LogP contribution in [0.3, 0.4) is 0 Å². The molecular weight excluding hydrogens is 396 g/mol. The molecule has 3 heterocycles. The first-order valence-corrected chi connectivity index (χ1v) is 9.97. The van der Waals surface area contributed by atoms with E-state index < -0.39 is 5.76 Å². The van der Waals surface area contributed by atoms with Crippen molar-refractivity contribution in [2.24, 2.45) is 0 Å². The van der Waals surface area contributed by atoms with Crippen molar-refractivity contribution in [3.05, 3.63) is 64.3 Å². The number of aromatic nitrogens is 3. The van der Waals surface area contributed by atoms with E-state index in [1.165, 1.54) is 0 Å². The van der Waals surface area contributed by atoms with Gasteiger partial charge in [-0.3, -0.25) is 9.78 Å². The third-order valence-corrected chi connectivity index (χ3v) is 5.14. The molecule has 0 saturated heterocycles.